The van der Waals surface area contributed by atoms with Gasteiger partial charge in [0.25, 0.3) is 0 Å². The maximum atomic E-state index is 5.30. The van der Waals surface area contributed by atoms with Gasteiger partial charge >= 0.3 is 0 Å². The molecule has 0 aliphatic heterocycles. The zero-order valence-corrected chi connectivity index (χ0v) is 9.69. The summed E-state index contributed by atoms with van der Waals surface area (Å²) >= 11 is 3.33. The highest BCUT2D eigenvalue weighted by atomic mass is 79.9. The van der Waals surface area contributed by atoms with Crippen LogP contribution in [-0.4, -0.2) is 20.4 Å². The van der Waals surface area contributed by atoms with Gasteiger partial charge in [-0.3, -0.25) is 0 Å². The molecule has 2 rings (SSSR count). The number of hydrogen-bond acceptors (Lipinski definition) is 3. The third-order valence-corrected chi connectivity index (χ3v) is 2.33. The van der Waals surface area contributed by atoms with E-state index in [0.29, 0.717) is 5.82 Å². The Balaban J connectivity index is 2.49. The molecular weight excluding hydrogens is 256 g/mol. The molecule has 0 radical (unpaired) electrons. The number of halogens is 1. The Morgan fingerprint density at radius 3 is 3.20 bits per heavy atom. The second-order valence-corrected chi connectivity index (χ2v) is 3.92. The van der Waals surface area contributed by atoms with Gasteiger partial charge in [-0.1, -0.05) is 5.92 Å². The Hall–Kier alpha value is -1.54. The Labute approximate surface area is 95.9 Å². The van der Waals surface area contributed by atoms with Crippen molar-refractivity contribution < 1.29 is 0 Å². The van der Waals surface area contributed by atoms with Crippen molar-refractivity contribution in [2.24, 2.45) is 0 Å². The van der Waals surface area contributed by atoms with E-state index in [1.54, 1.807) is 6.20 Å². The molecule has 0 amide bonds. The molecular formula is C10H9BrN4. The Morgan fingerprint density at radius 1 is 1.67 bits per heavy atom. The summed E-state index contributed by atoms with van der Waals surface area (Å²) in [4.78, 5) is 8.48. The monoisotopic (exact) mass is 264 g/mol. The fraction of sp³-hybridized carbons (Fsp3) is 0.200. The van der Waals surface area contributed by atoms with Crippen LogP contribution in [0.15, 0.2) is 23.2 Å². The lowest BCUT2D eigenvalue weighted by atomic mass is 10.3. The summed E-state index contributed by atoms with van der Waals surface area (Å²) in [6, 6.07) is -0.0766. The molecule has 76 valence electrons. The van der Waals surface area contributed by atoms with E-state index < -0.39 is 0 Å². The maximum absolute atomic E-state index is 5.30. The topological polar surface area (TPSA) is 42.2 Å². The summed E-state index contributed by atoms with van der Waals surface area (Å²) in [6.45, 7) is 1.89. The summed E-state index contributed by atoms with van der Waals surface area (Å²) in [6.07, 6.45) is 10.7. The molecule has 15 heavy (non-hydrogen) atoms. The van der Waals surface area contributed by atoms with Crippen LogP contribution >= 0.6 is 15.9 Å². The molecule has 1 unspecified atom stereocenters. The fourth-order valence-corrected chi connectivity index (χ4v) is 1.64. The van der Waals surface area contributed by atoms with Crippen molar-refractivity contribution in [2.75, 3.05) is 5.32 Å². The number of imidazole rings is 1. The zero-order valence-electron chi connectivity index (χ0n) is 8.11. The van der Waals surface area contributed by atoms with Crippen LogP contribution in [0.4, 0.5) is 5.82 Å². The molecule has 0 aliphatic carbocycles. The molecule has 2 aromatic heterocycles. The first-order valence-corrected chi connectivity index (χ1v) is 5.22. The van der Waals surface area contributed by atoms with Gasteiger partial charge in [0.1, 0.15) is 4.60 Å². The van der Waals surface area contributed by atoms with E-state index in [2.05, 4.69) is 37.1 Å². The number of nitrogens with zero attached hydrogens (tertiary/aromatic N) is 3. The lowest BCUT2D eigenvalue weighted by Gasteiger charge is -2.09. The summed E-state index contributed by atoms with van der Waals surface area (Å²) < 4.78 is 2.61. The van der Waals surface area contributed by atoms with E-state index in [4.69, 9.17) is 6.42 Å². The molecule has 0 fully saturated rings. The van der Waals surface area contributed by atoms with Crippen LogP contribution in [0.3, 0.4) is 0 Å². The summed E-state index contributed by atoms with van der Waals surface area (Å²) in [7, 11) is 0. The standard InChI is InChI=1S/C10H9BrN4/c1-3-7(2)13-9-10-12-4-5-15(10)6-8(11)14-9/h1,4-7H,2H3,(H,13,14). The molecule has 0 saturated carbocycles. The molecule has 2 aromatic rings. The Kier molecular flexibility index (Phi) is 2.60. The number of aromatic nitrogens is 3. The van der Waals surface area contributed by atoms with Gasteiger partial charge < -0.3 is 9.72 Å². The molecule has 4 nitrogen and oxygen atoms in total. The lowest BCUT2D eigenvalue weighted by Crippen LogP contribution is -2.14. The summed E-state index contributed by atoms with van der Waals surface area (Å²) in [5.41, 5.74) is 0.764. The average molecular weight is 265 g/mol. The van der Waals surface area contributed by atoms with Crippen molar-refractivity contribution in [1.82, 2.24) is 14.4 Å². The van der Waals surface area contributed by atoms with E-state index in [9.17, 15) is 0 Å². The lowest BCUT2D eigenvalue weighted by molar-refractivity contribution is 0.994. The largest absolute Gasteiger partial charge is 0.354 e. The average Bonchev–Trinajstić information content (AvgIpc) is 2.65. The highest BCUT2D eigenvalue weighted by Gasteiger charge is 2.07. The van der Waals surface area contributed by atoms with Crippen LogP contribution in [0.25, 0.3) is 5.65 Å². The molecule has 0 spiro atoms. The van der Waals surface area contributed by atoms with E-state index in [-0.39, 0.29) is 6.04 Å². The molecule has 0 bridgehead atoms. The van der Waals surface area contributed by atoms with Gasteiger partial charge in [0.05, 0.1) is 6.04 Å². The molecule has 1 N–H and O–H groups in total. The number of terminal acetylenes is 1. The molecule has 0 saturated heterocycles. The van der Waals surface area contributed by atoms with E-state index in [1.807, 2.05) is 23.7 Å². The fourth-order valence-electron chi connectivity index (χ4n) is 1.24. The second-order valence-electron chi connectivity index (χ2n) is 3.10. The zero-order chi connectivity index (χ0) is 10.8. The van der Waals surface area contributed by atoms with E-state index in [0.717, 1.165) is 10.3 Å². The van der Waals surface area contributed by atoms with Crippen LogP contribution in [0, 0.1) is 12.3 Å². The minimum atomic E-state index is -0.0766. The van der Waals surface area contributed by atoms with Gasteiger partial charge in [-0.25, -0.2) is 9.97 Å². The van der Waals surface area contributed by atoms with Crippen molar-refractivity contribution in [2.45, 2.75) is 13.0 Å². The van der Waals surface area contributed by atoms with Crippen molar-refractivity contribution in [1.29, 1.82) is 0 Å². The minimum Gasteiger partial charge on any atom is -0.354 e. The van der Waals surface area contributed by atoms with Crippen LogP contribution in [0.1, 0.15) is 6.92 Å². The maximum Gasteiger partial charge on any atom is 0.180 e. The minimum absolute atomic E-state index is 0.0766. The molecule has 0 aliphatic rings. The van der Waals surface area contributed by atoms with Crippen LogP contribution in [-0.2, 0) is 0 Å². The molecule has 1 atom stereocenters. The Morgan fingerprint density at radius 2 is 2.47 bits per heavy atom. The number of hydrogen-bond donors (Lipinski definition) is 1. The van der Waals surface area contributed by atoms with E-state index in [1.165, 1.54) is 0 Å². The van der Waals surface area contributed by atoms with Crippen molar-refractivity contribution >= 4 is 27.4 Å². The van der Waals surface area contributed by atoms with Crippen molar-refractivity contribution in [3.05, 3.63) is 23.2 Å². The first-order valence-electron chi connectivity index (χ1n) is 4.42. The predicted molar refractivity (Wildman–Crippen MR) is 62.6 cm³/mol. The molecule has 5 heteroatoms. The quantitative estimate of drug-likeness (QED) is 0.843. The number of nitrogens with one attached hydrogen (secondary N) is 1. The number of rotatable bonds is 2. The first kappa shape index (κ1) is 9.99. The molecule has 0 aromatic carbocycles. The molecule has 2 heterocycles. The summed E-state index contributed by atoms with van der Waals surface area (Å²) in [5.74, 6) is 3.27. The van der Waals surface area contributed by atoms with Crippen LogP contribution in [0.2, 0.25) is 0 Å². The predicted octanol–water partition coefficient (Wildman–Crippen LogP) is 1.93. The second kappa shape index (κ2) is 3.91. The van der Waals surface area contributed by atoms with Crippen molar-refractivity contribution in [3.63, 3.8) is 0 Å². The van der Waals surface area contributed by atoms with Gasteiger partial charge in [-0.05, 0) is 22.9 Å². The van der Waals surface area contributed by atoms with Crippen LogP contribution < -0.4 is 5.32 Å². The highest BCUT2D eigenvalue weighted by molar-refractivity contribution is 9.10. The van der Waals surface area contributed by atoms with Gasteiger partial charge in [-0.2, -0.15) is 0 Å². The van der Waals surface area contributed by atoms with E-state index >= 15 is 0 Å². The number of anilines is 1. The third kappa shape index (κ3) is 1.95. The smallest absolute Gasteiger partial charge is 0.180 e. The van der Waals surface area contributed by atoms with Gasteiger partial charge in [0.2, 0.25) is 0 Å². The Bertz CT molecular complexity index is 526. The normalized spacial score (nSPS) is 12.3. The highest BCUT2D eigenvalue weighted by Crippen LogP contribution is 2.17. The summed E-state index contributed by atoms with van der Waals surface area (Å²) in [5, 5.41) is 3.10. The first-order chi connectivity index (χ1) is 7.20. The van der Waals surface area contributed by atoms with Gasteiger partial charge in [-0.15, -0.1) is 6.42 Å². The van der Waals surface area contributed by atoms with Crippen molar-refractivity contribution in [3.8, 4) is 12.3 Å². The SMILES string of the molecule is C#CC(C)Nc1nc(Br)cn2ccnc12. The number of fused-ring (bicyclic) bond motifs is 1. The third-order valence-electron chi connectivity index (χ3n) is 1.95. The van der Waals surface area contributed by atoms with Gasteiger partial charge in [0, 0.05) is 18.6 Å². The van der Waals surface area contributed by atoms with Gasteiger partial charge in [0.15, 0.2) is 11.5 Å². The van der Waals surface area contributed by atoms with Crippen LogP contribution in [0.5, 0.6) is 0 Å².